The number of fused-ring (bicyclic) bond motifs is 2. The largest absolute Gasteiger partial charge is 0.378 e. The van der Waals surface area contributed by atoms with E-state index in [4.69, 9.17) is 4.74 Å². The number of nitrogens with zero attached hydrogens (tertiary/aromatic N) is 3. The number of amides is 2. The van der Waals surface area contributed by atoms with Crippen LogP contribution in [0.4, 0.5) is 5.69 Å². The standard InChI is InChI=1S/C18H20N4O3/c1-21-7-5-11-3-4-12(9-14(11)17(21)23)22-8-6-13-15(10-25-2)19-20-16(13)18(22)24/h3-4,9H,5-8,10H2,1-2H3,(H,19,20). The third-order valence-electron chi connectivity index (χ3n) is 4.97. The summed E-state index contributed by atoms with van der Waals surface area (Å²) in [5.41, 5.74) is 4.70. The summed E-state index contributed by atoms with van der Waals surface area (Å²) in [6.45, 7) is 1.70. The van der Waals surface area contributed by atoms with Crippen molar-refractivity contribution in [3.05, 3.63) is 46.3 Å². The normalized spacial score (nSPS) is 16.9. The fourth-order valence-corrected chi connectivity index (χ4v) is 3.56. The summed E-state index contributed by atoms with van der Waals surface area (Å²) in [5.74, 6) is -0.133. The Kier molecular flexibility index (Phi) is 3.80. The summed E-state index contributed by atoms with van der Waals surface area (Å²) >= 11 is 0. The number of benzene rings is 1. The smallest absolute Gasteiger partial charge is 0.279 e. The first-order chi connectivity index (χ1) is 12.1. The van der Waals surface area contributed by atoms with E-state index in [0.29, 0.717) is 30.8 Å². The van der Waals surface area contributed by atoms with Crippen LogP contribution in [-0.4, -0.2) is 54.2 Å². The number of ether oxygens (including phenoxy) is 1. The lowest BCUT2D eigenvalue weighted by atomic mass is 9.97. The highest BCUT2D eigenvalue weighted by atomic mass is 16.5. The Morgan fingerprint density at radius 1 is 1.20 bits per heavy atom. The molecule has 0 atom stereocenters. The molecule has 1 aromatic heterocycles. The van der Waals surface area contributed by atoms with E-state index in [-0.39, 0.29) is 11.8 Å². The quantitative estimate of drug-likeness (QED) is 0.916. The molecule has 0 aliphatic carbocycles. The predicted molar refractivity (Wildman–Crippen MR) is 91.8 cm³/mol. The molecule has 0 bridgehead atoms. The first-order valence-electron chi connectivity index (χ1n) is 8.35. The molecule has 1 N–H and O–H groups in total. The minimum atomic E-state index is -0.142. The first kappa shape index (κ1) is 15.8. The fraction of sp³-hybridized carbons (Fsp3) is 0.389. The van der Waals surface area contributed by atoms with Crippen LogP contribution < -0.4 is 4.90 Å². The first-order valence-corrected chi connectivity index (χ1v) is 8.35. The monoisotopic (exact) mass is 340 g/mol. The Bertz CT molecular complexity index is 858. The Hall–Kier alpha value is -2.67. The summed E-state index contributed by atoms with van der Waals surface area (Å²) in [6, 6.07) is 5.71. The molecule has 7 nitrogen and oxygen atoms in total. The lowest BCUT2D eigenvalue weighted by Gasteiger charge is -2.29. The average molecular weight is 340 g/mol. The van der Waals surface area contributed by atoms with Crippen LogP contribution in [0.1, 0.15) is 37.7 Å². The molecule has 2 amide bonds. The van der Waals surface area contributed by atoms with Crippen molar-refractivity contribution >= 4 is 17.5 Å². The van der Waals surface area contributed by atoms with Crippen molar-refractivity contribution in [3.63, 3.8) is 0 Å². The fourth-order valence-electron chi connectivity index (χ4n) is 3.56. The summed E-state index contributed by atoms with van der Waals surface area (Å²) in [6.07, 6.45) is 1.55. The second-order valence-corrected chi connectivity index (χ2v) is 6.49. The number of carbonyl (C=O) groups excluding carboxylic acids is 2. The van der Waals surface area contributed by atoms with Crippen molar-refractivity contribution in [1.29, 1.82) is 0 Å². The minimum Gasteiger partial charge on any atom is -0.378 e. The molecule has 1 aromatic carbocycles. The van der Waals surface area contributed by atoms with Gasteiger partial charge in [0.25, 0.3) is 11.8 Å². The lowest BCUT2D eigenvalue weighted by Crippen LogP contribution is -2.39. The Morgan fingerprint density at radius 2 is 2.04 bits per heavy atom. The molecule has 2 aliphatic heterocycles. The number of carbonyl (C=O) groups is 2. The molecule has 4 rings (SSSR count). The van der Waals surface area contributed by atoms with Gasteiger partial charge in [0, 0.05) is 44.1 Å². The van der Waals surface area contributed by atoms with Crippen LogP contribution in [0.2, 0.25) is 0 Å². The zero-order valence-corrected chi connectivity index (χ0v) is 14.3. The molecule has 7 heteroatoms. The second-order valence-electron chi connectivity index (χ2n) is 6.49. The Morgan fingerprint density at radius 3 is 2.84 bits per heavy atom. The number of aromatic nitrogens is 2. The van der Waals surface area contributed by atoms with Gasteiger partial charge in [0.05, 0.1) is 12.3 Å². The third-order valence-corrected chi connectivity index (χ3v) is 4.97. The number of hydrogen-bond donors (Lipinski definition) is 1. The van der Waals surface area contributed by atoms with Crippen molar-refractivity contribution in [1.82, 2.24) is 15.1 Å². The SMILES string of the molecule is COCc1[nH]nc2c1CCN(c1ccc3c(c1)C(=O)N(C)CC3)C2=O. The van der Waals surface area contributed by atoms with Crippen molar-refractivity contribution in [3.8, 4) is 0 Å². The molecule has 0 saturated carbocycles. The van der Waals surface area contributed by atoms with Gasteiger partial charge in [0.1, 0.15) is 0 Å². The molecular weight excluding hydrogens is 320 g/mol. The van der Waals surface area contributed by atoms with E-state index >= 15 is 0 Å². The van der Waals surface area contributed by atoms with E-state index < -0.39 is 0 Å². The molecule has 25 heavy (non-hydrogen) atoms. The molecule has 3 heterocycles. The number of nitrogens with one attached hydrogen (secondary N) is 1. The number of anilines is 1. The number of H-pyrrole nitrogens is 1. The molecular formula is C18H20N4O3. The molecule has 0 fully saturated rings. The van der Waals surface area contributed by atoms with Gasteiger partial charge in [-0.05, 0) is 30.5 Å². The molecule has 130 valence electrons. The van der Waals surface area contributed by atoms with Gasteiger partial charge in [-0.1, -0.05) is 6.07 Å². The maximum atomic E-state index is 12.9. The van der Waals surface area contributed by atoms with Crippen LogP contribution in [0, 0.1) is 0 Å². The van der Waals surface area contributed by atoms with E-state index in [1.54, 1.807) is 24.0 Å². The number of hydrogen-bond acceptors (Lipinski definition) is 4. The van der Waals surface area contributed by atoms with Gasteiger partial charge in [-0.15, -0.1) is 0 Å². The molecule has 0 saturated heterocycles. The van der Waals surface area contributed by atoms with Crippen molar-refractivity contribution in [2.24, 2.45) is 0 Å². The highest BCUT2D eigenvalue weighted by Gasteiger charge is 2.31. The zero-order chi connectivity index (χ0) is 17.6. The summed E-state index contributed by atoms with van der Waals surface area (Å²) < 4.78 is 5.14. The predicted octanol–water partition coefficient (Wildman–Crippen LogP) is 1.39. The van der Waals surface area contributed by atoms with E-state index in [2.05, 4.69) is 10.2 Å². The molecule has 2 aromatic rings. The highest BCUT2D eigenvalue weighted by molar-refractivity contribution is 6.08. The van der Waals surface area contributed by atoms with Crippen LogP contribution in [-0.2, 0) is 24.2 Å². The Labute approximate surface area is 145 Å². The van der Waals surface area contributed by atoms with Crippen LogP contribution in [0.5, 0.6) is 0 Å². The van der Waals surface area contributed by atoms with Gasteiger partial charge < -0.3 is 14.5 Å². The van der Waals surface area contributed by atoms with Gasteiger partial charge in [-0.3, -0.25) is 14.7 Å². The summed E-state index contributed by atoms with van der Waals surface area (Å²) in [5, 5.41) is 7.07. The summed E-state index contributed by atoms with van der Waals surface area (Å²) in [4.78, 5) is 28.7. The minimum absolute atomic E-state index is 0.00963. The van der Waals surface area contributed by atoms with E-state index in [1.807, 2.05) is 18.2 Å². The van der Waals surface area contributed by atoms with Gasteiger partial charge >= 0.3 is 0 Å². The van der Waals surface area contributed by atoms with E-state index in [0.717, 1.165) is 35.5 Å². The van der Waals surface area contributed by atoms with Crippen LogP contribution >= 0.6 is 0 Å². The van der Waals surface area contributed by atoms with Gasteiger partial charge in [-0.2, -0.15) is 5.10 Å². The van der Waals surface area contributed by atoms with Crippen molar-refractivity contribution in [2.45, 2.75) is 19.4 Å². The maximum Gasteiger partial charge on any atom is 0.279 e. The average Bonchev–Trinajstić information content (AvgIpc) is 3.03. The van der Waals surface area contributed by atoms with Crippen LogP contribution in [0.15, 0.2) is 18.2 Å². The molecule has 2 aliphatic rings. The van der Waals surface area contributed by atoms with Crippen molar-refractivity contribution in [2.75, 3.05) is 32.1 Å². The number of methoxy groups -OCH3 is 1. The second kappa shape index (κ2) is 6.00. The summed E-state index contributed by atoms with van der Waals surface area (Å²) in [7, 11) is 3.42. The highest BCUT2D eigenvalue weighted by Crippen LogP contribution is 2.29. The van der Waals surface area contributed by atoms with E-state index in [9.17, 15) is 9.59 Å². The van der Waals surface area contributed by atoms with E-state index in [1.165, 1.54) is 0 Å². The number of likely N-dealkylation sites (N-methyl/N-ethyl adjacent to an activating group) is 1. The zero-order valence-electron chi connectivity index (χ0n) is 14.3. The van der Waals surface area contributed by atoms with Gasteiger partial charge in [-0.25, -0.2) is 0 Å². The third kappa shape index (κ3) is 2.51. The maximum absolute atomic E-state index is 12.9. The Balaban J connectivity index is 1.67. The van der Waals surface area contributed by atoms with Crippen LogP contribution in [0.25, 0.3) is 0 Å². The lowest BCUT2D eigenvalue weighted by molar-refractivity contribution is 0.0780. The van der Waals surface area contributed by atoms with Gasteiger partial charge in [0.2, 0.25) is 0 Å². The van der Waals surface area contributed by atoms with Crippen LogP contribution in [0.3, 0.4) is 0 Å². The number of rotatable bonds is 3. The topological polar surface area (TPSA) is 78.5 Å². The van der Waals surface area contributed by atoms with Crippen molar-refractivity contribution < 1.29 is 14.3 Å². The number of aromatic amines is 1. The van der Waals surface area contributed by atoms with Gasteiger partial charge in [0.15, 0.2) is 5.69 Å². The molecule has 0 spiro atoms. The molecule has 0 unspecified atom stereocenters. The molecule has 0 radical (unpaired) electrons.